The van der Waals surface area contributed by atoms with Crippen molar-refractivity contribution in [3.05, 3.63) is 64.6 Å². The zero-order chi connectivity index (χ0) is 23.1. The van der Waals surface area contributed by atoms with Gasteiger partial charge >= 0.3 is 0 Å². The third-order valence-corrected chi connectivity index (χ3v) is 6.87. The average molecular weight is 455 g/mol. The smallest absolute Gasteiger partial charge is 0.249 e. The largest absolute Gasteiger partial charge is 0.272 e. The second-order valence-electron chi connectivity index (χ2n) is 9.40. The lowest BCUT2D eigenvalue weighted by Gasteiger charge is -2.32. The van der Waals surface area contributed by atoms with Crippen molar-refractivity contribution in [3.63, 3.8) is 0 Å². The molecule has 1 aliphatic heterocycles. The van der Waals surface area contributed by atoms with Gasteiger partial charge in [-0.15, -0.1) is 0 Å². The summed E-state index contributed by atoms with van der Waals surface area (Å²) in [4.78, 5) is 23.3. The molecule has 174 valence electrons. The van der Waals surface area contributed by atoms with Crippen LogP contribution < -0.4 is 0 Å². The van der Waals surface area contributed by atoms with Gasteiger partial charge in [0.2, 0.25) is 5.91 Å². The molecule has 33 heavy (non-hydrogen) atoms. The third-order valence-electron chi connectivity index (χ3n) is 6.87. The van der Waals surface area contributed by atoms with Gasteiger partial charge in [0, 0.05) is 18.4 Å². The molecule has 0 bridgehead atoms. The molecule has 1 amide bonds. The van der Waals surface area contributed by atoms with Crippen molar-refractivity contribution in [2.24, 2.45) is 11.8 Å². The quantitative estimate of drug-likeness (QED) is 0.564. The summed E-state index contributed by atoms with van der Waals surface area (Å²) in [6.45, 7) is 4.38. The topological polar surface area (TPSA) is 59.7 Å². The molecular weight excluding hydrogens is 426 g/mol. The van der Waals surface area contributed by atoms with Crippen LogP contribution in [0.3, 0.4) is 0 Å². The number of carbonyl (C=O) groups excluding carboxylic acids is 1. The molecule has 3 heterocycles. The van der Waals surface area contributed by atoms with Crippen LogP contribution in [-0.4, -0.2) is 32.2 Å². The van der Waals surface area contributed by atoms with Crippen LogP contribution in [0.5, 0.6) is 0 Å². The first-order chi connectivity index (χ1) is 15.9. The standard InChI is InChI=1S/C25H28F2N4O2/c1-15-9-22(29-30-14-16(2)28-24(15)30)10-17-3-5-18(6-4-17)25(32)31-23(7-8-33-31)19-11-20(26)13-21(27)12-19/h9,11-14,17-18,23H,3-8,10H2,1-2H3/t17-,18-,23-/m0/s1. The maximum Gasteiger partial charge on any atom is 0.249 e. The van der Waals surface area contributed by atoms with E-state index >= 15 is 0 Å². The minimum absolute atomic E-state index is 0.0788. The monoisotopic (exact) mass is 454 g/mol. The summed E-state index contributed by atoms with van der Waals surface area (Å²) in [6.07, 6.45) is 6.78. The Hall–Kier alpha value is -2.87. The molecule has 1 atom stereocenters. The first kappa shape index (κ1) is 21.9. The lowest BCUT2D eigenvalue weighted by molar-refractivity contribution is -0.183. The van der Waals surface area contributed by atoms with E-state index in [0.29, 0.717) is 24.5 Å². The van der Waals surface area contributed by atoms with E-state index in [1.165, 1.54) is 17.2 Å². The molecule has 8 heteroatoms. The Morgan fingerprint density at radius 2 is 1.79 bits per heavy atom. The van der Waals surface area contributed by atoms with E-state index in [1.807, 2.05) is 17.6 Å². The normalized spacial score (nSPS) is 23.4. The summed E-state index contributed by atoms with van der Waals surface area (Å²) < 4.78 is 29.3. The van der Waals surface area contributed by atoms with E-state index in [4.69, 9.17) is 9.94 Å². The molecule has 2 aliphatic rings. The minimum Gasteiger partial charge on any atom is -0.272 e. The summed E-state index contributed by atoms with van der Waals surface area (Å²) in [5.74, 6) is -1.02. The van der Waals surface area contributed by atoms with Crippen molar-refractivity contribution in [1.29, 1.82) is 0 Å². The molecular formula is C25H28F2N4O2. The fourth-order valence-electron chi connectivity index (χ4n) is 5.26. The van der Waals surface area contributed by atoms with Crippen LogP contribution in [0.2, 0.25) is 0 Å². The van der Waals surface area contributed by atoms with E-state index in [2.05, 4.69) is 18.0 Å². The number of hydrogen-bond donors (Lipinski definition) is 0. The number of rotatable bonds is 4. The molecule has 2 fully saturated rings. The van der Waals surface area contributed by atoms with Gasteiger partial charge in [-0.05, 0) is 81.2 Å². The fourth-order valence-corrected chi connectivity index (χ4v) is 5.26. The Labute approximate surface area is 191 Å². The molecule has 3 aromatic rings. The summed E-state index contributed by atoms with van der Waals surface area (Å²) >= 11 is 0. The molecule has 1 aromatic carbocycles. The van der Waals surface area contributed by atoms with Crippen LogP contribution in [-0.2, 0) is 16.1 Å². The predicted molar refractivity (Wildman–Crippen MR) is 118 cm³/mol. The zero-order valence-corrected chi connectivity index (χ0v) is 18.9. The summed E-state index contributed by atoms with van der Waals surface area (Å²) in [6, 6.07) is 5.08. The summed E-state index contributed by atoms with van der Waals surface area (Å²) in [5.41, 5.74) is 4.44. The molecule has 0 N–H and O–H groups in total. The van der Waals surface area contributed by atoms with Gasteiger partial charge in [-0.1, -0.05) is 0 Å². The van der Waals surface area contributed by atoms with Crippen LogP contribution in [0, 0.1) is 37.3 Å². The highest BCUT2D eigenvalue weighted by molar-refractivity contribution is 5.78. The number of amides is 1. The van der Waals surface area contributed by atoms with Crippen LogP contribution in [0.4, 0.5) is 8.78 Å². The third kappa shape index (κ3) is 4.49. The van der Waals surface area contributed by atoms with Gasteiger partial charge in [0.1, 0.15) is 11.6 Å². The van der Waals surface area contributed by atoms with Crippen LogP contribution in [0.1, 0.15) is 60.7 Å². The van der Waals surface area contributed by atoms with E-state index in [9.17, 15) is 13.6 Å². The summed E-state index contributed by atoms with van der Waals surface area (Å²) in [5, 5.41) is 6.08. The van der Waals surface area contributed by atoms with Gasteiger partial charge in [0.25, 0.3) is 0 Å². The molecule has 2 aromatic heterocycles. The molecule has 1 saturated carbocycles. The van der Waals surface area contributed by atoms with E-state index < -0.39 is 17.7 Å². The van der Waals surface area contributed by atoms with E-state index in [-0.39, 0.29) is 11.8 Å². The highest BCUT2D eigenvalue weighted by atomic mass is 19.1. The molecule has 5 rings (SSSR count). The molecule has 0 unspecified atom stereocenters. The van der Waals surface area contributed by atoms with Gasteiger partial charge in [-0.2, -0.15) is 5.10 Å². The predicted octanol–water partition coefficient (Wildman–Crippen LogP) is 4.88. The molecule has 1 saturated heterocycles. The molecule has 6 nitrogen and oxygen atoms in total. The SMILES string of the molecule is Cc1cn2nc(C[C@H]3CC[C@H](C(=O)N4OCC[C@H]4c4cc(F)cc(F)c4)CC3)cc(C)c2n1. The number of fused-ring (bicyclic) bond motifs is 1. The average Bonchev–Trinajstić information content (AvgIpc) is 3.40. The van der Waals surface area contributed by atoms with Gasteiger partial charge in [0.15, 0.2) is 5.65 Å². The van der Waals surface area contributed by atoms with Gasteiger partial charge < -0.3 is 0 Å². The Kier molecular flexibility index (Phi) is 5.86. The number of carbonyl (C=O) groups is 1. The number of hydroxylamine groups is 2. The van der Waals surface area contributed by atoms with Crippen LogP contribution in [0.15, 0.2) is 30.5 Å². The van der Waals surface area contributed by atoms with Crippen molar-refractivity contribution in [1.82, 2.24) is 19.7 Å². The summed E-state index contributed by atoms with van der Waals surface area (Å²) in [7, 11) is 0. The number of imidazole rings is 1. The lowest BCUT2D eigenvalue weighted by atomic mass is 9.79. The fraction of sp³-hybridized carbons (Fsp3) is 0.480. The maximum absolute atomic E-state index is 13.7. The first-order valence-electron chi connectivity index (χ1n) is 11.6. The van der Waals surface area contributed by atoms with Crippen molar-refractivity contribution < 1.29 is 18.4 Å². The van der Waals surface area contributed by atoms with Gasteiger partial charge in [0.05, 0.1) is 30.2 Å². The number of benzene rings is 1. The van der Waals surface area contributed by atoms with Gasteiger partial charge in [-0.25, -0.2) is 23.3 Å². The van der Waals surface area contributed by atoms with Crippen LogP contribution >= 0.6 is 0 Å². The van der Waals surface area contributed by atoms with Crippen molar-refractivity contribution in [2.75, 3.05) is 6.61 Å². The second kappa shape index (κ2) is 8.82. The first-order valence-corrected chi connectivity index (χ1v) is 11.6. The number of nitrogens with zero attached hydrogens (tertiary/aromatic N) is 4. The highest BCUT2D eigenvalue weighted by Gasteiger charge is 2.37. The molecule has 1 aliphatic carbocycles. The zero-order valence-electron chi connectivity index (χ0n) is 18.9. The van der Waals surface area contributed by atoms with Crippen molar-refractivity contribution >= 4 is 11.6 Å². The van der Waals surface area contributed by atoms with Gasteiger partial charge in [-0.3, -0.25) is 9.63 Å². The number of aryl methyl sites for hydroxylation is 2. The Morgan fingerprint density at radius 3 is 2.52 bits per heavy atom. The number of hydrogen-bond acceptors (Lipinski definition) is 4. The molecule has 0 radical (unpaired) electrons. The van der Waals surface area contributed by atoms with Crippen molar-refractivity contribution in [2.45, 2.75) is 58.4 Å². The maximum atomic E-state index is 13.7. The Morgan fingerprint density at radius 1 is 1.06 bits per heavy atom. The lowest BCUT2D eigenvalue weighted by Crippen LogP contribution is -2.36. The van der Waals surface area contributed by atoms with Crippen molar-refractivity contribution in [3.8, 4) is 0 Å². The Bertz CT molecular complexity index is 1170. The van der Waals surface area contributed by atoms with E-state index in [0.717, 1.165) is 60.8 Å². The second-order valence-corrected chi connectivity index (χ2v) is 9.40. The number of aromatic nitrogens is 3. The highest BCUT2D eigenvalue weighted by Crippen LogP contribution is 2.37. The van der Waals surface area contributed by atoms with E-state index in [1.54, 1.807) is 0 Å². The van der Waals surface area contributed by atoms with Crippen LogP contribution in [0.25, 0.3) is 5.65 Å². The minimum atomic E-state index is -0.641. The Balaban J connectivity index is 1.22. The number of halogens is 2. The molecule has 0 spiro atoms.